The van der Waals surface area contributed by atoms with Crippen LogP contribution in [0.25, 0.3) is 11.4 Å². The van der Waals surface area contributed by atoms with Crippen LogP contribution in [-0.4, -0.2) is 14.8 Å². The molecule has 0 saturated carbocycles. The fourth-order valence-corrected chi connectivity index (χ4v) is 1.92. The third kappa shape index (κ3) is 2.29. The Kier molecular flexibility index (Phi) is 3.38. The van der Waals surface area contributed by atoms with Crippen LogP contribution in [0.5, 0.6) is 0 Å². The molecular weight excluding hydrogens is 237 g/mol. The van der Waals surface area contributed by atoms with Crippen LogP contribution in [0, 0.1) is 17.5 Å². The highest BCUT2D eigenvalue weighted by Crippen LogP contribution is 2.20. The number of hydrogen-bond donors (Lipinski definition) is 1. The molecule has 0 saturated heterocycles. The van der Waals surface area contributed by atoms with Crippen LogP contribution >= 0.6 is 12.2 Å². The van der Waals surface area contributed by atoms with Gasteiger partial charge in [-0.1, -0.05) is 19.1 Å². The third-order valence-electron chi connectivity index (χ3n) is 2.64. The third-order valence-corrected chi connectivity index (χ3v) is 2.95. The first kappa shape index (κ1) is 12.0. The van der Waals surface area contributed by atoms with Gasteiger partial charge in [-0.25, -0.2) is 4.39 Å². The Morgan fingerprint density at radius 2 is 2.24 bits per heavy atom. The molecule has 0 aliphatic heterocycles. The first-order valence-electron chi connectivity index (χ1n) is 5.55. The Morgan fingerprint density at radius 3 is 2.88 bits per heavy atom. The molecule has 3 nitrogen and oxygen atoms in total. The minimum atomic E-state index is -0.223. The van der Waals surface area contributed by atoms with Crippen LogP contribution in [-0.2, 0) is 6.54 Å². The van der Waals surface area contributed by atoms with Gasteiger partial charge in [0.1, 0.15) is 5.82 Å². The lowest BCUT2D eigenvalue weighted by molar-refractivity contribution is 0.618. The van der Waals surface area contributed by atoms with Gasteiger partial charge in [-0.05, 0) is 37.2 Å². The summed E-state index contributed by atoms with van der Waals surface area (Å²) in [5.41, 5.74) is 1.37. The van der Waals surface area contributed by atoms with Crippen LogP contribution in [0.1, 0.15) is 18.9 Å². The second kappa shape index (κ2) is 4.79. The van der Waals surface area contributed by atoms with E-state index in [0.717, 1.165) is 18.5 Å². The summed E-state index contributed by atoms with van der Waals surface area (Å²) in [5, 5.41) is 6.90. The fraction of sp³-hybridized carbons (Fsp3) is 0.333. The smallest absolute Gasteiger partial charge is 0.195 e. The van der Waals surface area contributed by atoms with E-state index >= 15 is 0 Å². The van der Waals surface area contributed by atoms with E-state index in [-0.39, 0.29) is 5.82 Å². The van der Waals surface area contributed by atoms with Crippen LogP contribution < -0.4 is 0 Å². The lowest BCUT2D eigenvalue weighted by atomic mass is 10.1. The first-order valence-corrected chi connectivity index (χ1v) is 5.96. The summed E-state index contributed by atoms with van der Waals surface area (Å²) in [7, 11) is 0. The summed E-state index contributed by atoms with van der Waals surface area (Å²) in [5.74, 6) is 0.468. The highest BCUT2D eigenvalue weighted by atomic mass is 32.1. The SMILES string of the molecule is CCCn1c(-c2ccc(C)c(F)c2)n[nH]c1=S. The van der Waals surface area contributed by atoms with Crippen molar-refractivity contribution in [3.05, 3.63) is 34.4 Å². The van der Waals surface area contributed by atoms with E-state index in [1.165, 1.54) is 6.07 Å². The van der Waals surface area contributed by atoms with Gasteiger partial charge in [0.15, 0.2) is 10.6 Å². The normalized spacial score (nSPS) is 10.8. The average Bonchev–Trinajstić information content (AvgIpc) is 2.66. The molecule has 5 heteroatoms. The molecule has 2 aromatic rings. The zero-order chi connectivity index (χ0) is 12.4. The lowest BCUT2D eigenvalue weighted by Gasteiger charge is -2.05. The van der Waals surface area contributed by atoms with Crippen LogP contribution in [0.4, 0.5) is 4.39 Å². The van der Waals surface area contributed by atoms with Gasteiger partial charge in [0.05, 0.1) is 0 Å². The Balaban J connectivity index is 2.52. The standard InChI is InChI=1S/C12H14FN3S/c1-3-6-16-11(14-15-12(16)17)9-5-4-8(2)10(13)7-9/h4-5,7H,3,6H2,1-2H3,(H,15,17). The molecule has 1 heterocycles. The quantitative estimate of drug-likeness (QED) is 0.847. The number of aromatic amines is 1. The molecule has 0 atom stereocenters. The molecule has 0 bridgehead atoms. The van der Waals surface area contributed by atoms with Crippen molar-refractivity contribution in [1.82, 2.24) is 14.8 Å². The molecule has 1 N–H and O–H groups in total. The molecule has 0 fully saturated rings. The molecule has 0 aliphatic rings. The van der Waals surface area contributed by atoms with E-state index < -0.39 is 0 Å². The topological polar surface area (TPSA) is 33.6 Å². The van der Waals surface area contributed by atoms with Crippen molar-refractivity contribution in [2.45, 2.75) is 26.8 Å². The van der Waals surface area contributed by atoms with Gasteiger partial charge in [0.2, 0.25) is 0 Å². The molecule has 0 radical (unpaired) electrons. The Bertz CT molecular complexity index is 586. The molecule has 17 heavy (non-hydrogen) atoms. The van der Waals surface area contributed by atoms with Gasteiger partial charge < -0.3 is 4.57 Å². The number of nitrogens with one attached hydrogen (secondary N) is 1. The van der Waals surface area contributed by atoms with Crippen molar-refractivity contribution in [3.8, 4) is 11.4 Å². The van der Waals surface area contributed by atoms with Crippen molar-refractivity contribution in [2.24, 2.45) is 0 Å². The fourth-order valence-electron chi connectivity index (χ4n) is 1.70. The van der Waals surface area contributed by atoms with Crippen LogP contribution in [0.3, 0.4) is 0 Å². The maximum atomic E-state index is 13.5. The Hall–Kier alpha value is -1.49. The van der Waals surface area contributed by atoms with Gasteiger partial charge in [-0.2, -0.15) is 5.10 Å². The van der Waals surface area contributed by atoms with Gasteiger partial charge in [-0.15, -0.1) is 0 Å². The Labute approximate surface area is 104 Å². The number of aromatic nitrogens is 3. The highest BCUT2D eigenvalue weighted by Gasteiger charge is 2.09. The number of H-pyrrole nitrogens is 1. The largest absolute Gasteiger partial charge is 0.300 e. The molecule has 1 aromatic carbocycles. The van der Waals surface area contributed by atoms with Gasteiger partial charge in [-0.3, -0.25) is 5.10 Å². The van der Waals surface area contributed by atoms with E-state index in [4.69, 9.17) is 12.2 Å². The van der Waals surface area contributed by atoms with Crippen LogP contribution in [0.2, 0.25) is 0 Å². The summed E-state index contributed by atoms with van der Waals surface area (Å²) in [6.07, 6.45) is 0.954. The molecule has 1 aromatic heterocycles. The summed E-state index contributed by atoms with van der Waals surface area (Å²) >= 11 is 5.15. The molecular formula is C12H14FN3S. The van der Waals surface area contributed by atoms with Gasteiger partial charge in [0, 0.05) is 12.1 Å². The maximum absolute atomic E-state index is 13.5. The van der Waals surface area contributed by atoms with E-state index in [0.29, 0.717) is 16.2 Å². The van der Waals surface area contributed by atoms with Crippen molar-refractivity contribution in [1.29, 1.82) is 0 Å². The number of hydrogen-bond acceptors (Lipinski definition) is 2. The predicted octanol–water partition coefficient (Wildman–Crippen LogP) is 3.47. The number of rotatable bonds is 3. The zero-order valence-electron chi connectivity index (χ0n) is 9.83. The molecule has 0 spiro atoms. The minimum absolute atomic E-state index is 0.223. The van der Waals surface area contributed by atoms with E-state index in [9.17, 15) is 4.39 Å². The summed E-state index contributed by atoms with van der Waals surface area (Å²) in [4.78, 5) is 0. The second-order valence-corrected chi connectivity index (χ2v) is 4.35. The van der Waals surface area contributed by atoms with E-state index in [2.05, 4.69) is 17.1 Å². The number of halogens is 1. The van der Waals surface area contributed by atoms with Gasteiger partial charge >= 0.3 is 0 Å². The Morgan fingerprint density at radius 1 is 1.47 bits per heavy atom. The summed E-state index contributed by atoms with van der Waals surface area (Å²) in [6.45, 7) is 4.58. The van der Waals surface area contributed by atoms with Gasteiger partial charge in [0.25, 0.3) is 0 Å². The average molecular weight is 251 g/mol. The monoisotopic (exact) mass is 251 g/mol. The minimum Gasteiger partial charge on any atom is -0.300 e. The predicted molar refractivity (Wildman–Crippen MR) is 67.8 cm³/mol. The molecule has 2 rings (SSSR count). The first-order chi connectivity index (χ1) is 8.13. The maximum Gasteiger partial charge on any atom is 0.195 e. The number of benzene rings is 1. The molecule has 0 aliphatic carbocycles. The van der Waals surface area contributed by atoms with Crippen LogP contribution in [0.15, 0.2) is 18.2 Å². The lowest BCUT2D eigenvalue weighted by Crippen LogP contribution is -2.00. The van der Waals surface area contributed by atoms with Crippen molar-refractivity contribution >= 4 is 12.2 Å². The molecule has 0 unspecified atom stereocenters. The van der Waals surface area contributed by atoms with E-state index in [1.807, 2.05) is 10.6 Å². The van der Waals surface area contributed by atoms with Crippen molar-refractivity contribution < 1.29 is 4.39 Å². The summed E-state index contributed by atoms with van der Waals surface area (Å²) < 4.78 is 16.0. The number of nitrogens with zero attached hydrogens (tertiary/aromatic N) is 2. The van der Waals surface area contributed by atoms with E-state index in [1.54, 1.807) is 13.0 Å². The second-order valence-electron chi connectivity index (χ2n) is 3.97. The molecule has 0 amide bonds. The summed E-state index contributed by atoms with van der Waals surface area (Å²) in [6, 6.07) is 5.10. The zero-order valence-corrected chi connectivity index (χ0v) is 10.6. The van der Waals surface area contributed by atoms with Crippen molar-refractivity contribution in [2.75, 3.05) is 0 Å². The number of aryl methyl sites for hydroxylation is 1. The molecule has 90 valence electrons. The highest BCUT2D eigenvalue weighted by molar-refractivity contribution is 7.71. The van der Waals surface area contributed by atoms with Crippen molar-refractivity contribution in [3.63, 3.8) is 0 Å².